The third kappa shape index (κ3) is 4.64. The second-order valence-corrected chi connectivity index (χ2v) is 5.42. The minimum absolute atomic E-state index is 0.0980. The third-order valence-electron chi connectivity index (χ3n) is 3.79. The van der Waals surface area contributed by atoms with E-state index in [9.17, 15) is 0 Å². The number of nitrogens with zero attached hydrogens (tertiary/aromatic N) is 1. The average Bonchev–Trinajstić information content (AvgIpc) is 2.46. The molecule has 0 saturated carbocycles. The molecular formula is C17H23NO2. The molecule has 1 unspecified atom stereocenters. The van der Waals surface area contributed by atoms with E-state index in [0.29, 0.717) is 12.5 Å². The van der Waals surface area contributed by atoms with Crippen molar-refractivity contribution in [2.24, 2.45) is 5.92 Å². The number of aliphatic hydroxyl groups excluding tert-OH is 2. The lowest BCUT2D eigenvalue weighted by Crippen LogP contribution is -2.35. The van der Waals surface area contributed by atoms with Crippen molar-refractivity contribution in [1.29, 1.82) is 0 Å². The molecule has 3 heteroatoms. The van der Waals surface area contributed by atoms with Crippen LogP contribution in [0.4, 0.5) is 0 Å². The Hall–Kier alpha value is -1.34. The van der Waals surface area contributed by atoms with Crippen molar-refractivity contribution >= 4 is 0 Å². The minimum atomic E-state index is -0.0980. The molecule has 1 fully saturated rings. The normalized spacial score (nSPS) is 19.4. The van der Waals surface area contributed by atoms with E-state index in [4.69, 9.17) is 10.2 Å². The summed E-state index contributed by atoms with van der Waals surface area (Å²) in [5, 5.41) is 17.8. The van der Waals surface area contributed by atoms with Crippen LogP contribution in [-0.4, -0.2) is 41.4 Å². The first-order chi connectivity index (χ1) is 9.81. The fourth-order valence-electron chi connectivity index (χ4n) is 2.86. The molecule has 20 heavy (non-hydrogen) atoms. The fraction of sp³-hybridized carbons (Fsp3) is 0.529. The molecule has 0 aromatic heterocycles. The van der Waals surface area contributed by atoms with Gasteiger partial charge in [0.1, 0.15) is 6.61 Å². The molecule has 1 aromatic carbocycles. The predicted molar refractivity (Wildman–Crippen MR) is 80.1 cm³/mol. The zero-order valence-electron chi connectivity index (χ0n) is 11.9. The van der Waals surface area contributed by atoms with Crippen LogP contribution in [0.3, 0.4) is 0 Å². The van der Waals surface area contributed by atoms with Crippen molar-refractivity contribution in [2.75, 3.05) is 26.3 Å². The molecular weight excluding hydrogens is 250 g/mol. The van der Waals surface area contributed by atoms with Gasteiger partial charge in [-0.25, -0.2) is 0 Å². The first-order valence-corrected chi connectivity index (χ1v) is 7.33. The Morgan fingerprint density at radius 2 is 2.20 bits per heavy atom. The molecule has 0 aliphatic carbocycles. The molecule has 1 aliphatic rings. The molecule has 0 radical (unpaired) electrons. The molecule has 0 bridgehead atoms. The first-order valence-electron chi connectivity index (χ1n) is 7.33. The summed E-state index contributed by atoms with van der Waals surface area (Å²) < 4.78 is 0. The summed E-state index contributed by atoms with van der Waals surface area (Å²) in [6.07, 6.45) is 3.37. The Balaban J connectivity index is 1.95. The Morgan fingerprint density at radius 1 is 1.30 bits per heavy atom. The Kier molecular flexibility index (Phi) is 6.07. The van der Waals surface area contributed by atoms with Crippen molar-refractivity contribution in [3.05, 3.63) is 35.4 Å². The number of aliphatic hydroxyl groups is 2. The lowest BCUT2D eigenvalue weighted by molar-refractivity contribution is 0.142. The van der Waals surface area contributed by atoms with E-state index in [-0.39, 0.29) is 6.61 Å². The van der Waals surface area contributed by atoms with Crippen molar-refractivity contribution in [3.63, 3.8) is 0 Å². The average molecular weight is 273 g/mol. The van der Waals surface area contributed by atoms with Gasteiger partial charge < -0.3 is 10.2 Å². The van der Waals surface area contributed by atoms with E-state index in [1.54, 1.807) is 0 Å². The van der Waals surface area contributed by atoms with Crippen LogP contribution in [-0.2, 0) is 6.54 Å². The van der Waals surface area contributed by atoms with Gasteiger partial charge in [-0.05, 0) is 49.4 Å². The smallest absolute Gasteiger partial charge is 0.104 e. The van der Waals surface area contributed by atoms with E-state index in [0.717, 1.165) is 31.6 Å². The second kappa shape index (κ2) is 8.06. The third-order valence-corrected chi connectivity index (χ3v) is 3.79. The maximum Gasteiger partial charge on any atom is 0.104 e. The highest BCUT2D eigenvalue weighted by Crippen LogP contribution is 2.21. The summed E-state index contributed by atoms with van der Waals surface area (Å²) in [6, 6.07) is 8.21. The zero-order valence-corrected chi connectivity index (χ0v) is 11.9. The lowest BCUT2D eigenvalue weighted by Gasteiger charge is -2.32. The SMILES string of the molecule is OCC#Cc1cccc(CN2CCCC(CCO)C2)c1. The number of hydrogen-bond donors (Lipinski definition) is 2. The van der Waals surface area contributed by atoms with Gasteiger partial charge in [-0.3, -0.25) is 4.90 Å². The molecule has 2 N–H and O–H groups in total. The van der Waals surface area contributed by atoms with Crippen LogP contribution in [0.5, 0.6) is 0 Å². The number of hydrogen-bond acceptors (Lipinski definition) is 3. The summed E-state index contributed by atoms with van der Waals surface area (Å²) >= 11 is 0. The Labute approximate surface area is 121 Å². The maximum absolute atomic E-state index is 9.06. The standard InChI is InChI=1S/C17H23NO2/c19-10-3-7-15-4-1-5-17(12-15)14-18-9-2-6-16(13-18)8-11-20/h1,4-5,12,16,19-20H,2,6,8-11,13-14H2. The monoisotopic (exact) mass is 273 g/mol. The van der Waals surface area contributed by atoms with Gasteiger partial charge >= 0.3 is 0 Å². The fourth-order valence-corrected chi connectivity index (χ4v) is 2.86. The highest BCUT2D eigenvalue weighted by atomic mass is 16.3. The van der Waals surface area contributed by atoms with Crippen LogP contribution in [0.15, 0.2) is 24.3 Å². The van der Waals surface area contributed by atoms with Crippen LogP contribution in [0.1, 0.15) is 30.4 Å². The molecule has 0 amide bonds. The summed E-state index contributed by atoms with van der Waals surface area (Å²) in [4.78, 5) is 2.46. The van der Waals surface area contributed by atoms with Crippen molar-refractivity contribution in [1.82, 2.24) is 4.90 Å². The van der Waals surface area contributed by atoms with Gasteiger partial charge in [0.2, 0.25) is 0 Å². The summed E-state index contributed by atoms with van der Waals surface area (Å²) in [5.74, 6) is 6.26. The zero-order chi connectivity index (χ0) is 14.2. The van der Waals surface area contributed by atoms with E-state index in [2.05, 4.69) is 28.9 Å². The molecule has 1 saturated heterocycles. The van der Waals surface area contributed by atoms with Gasteiger partial charge in [0.25, 0.3) is 0 Å². The van der Waals surface area contributed by atoms with Crippen molar-refractivity contribution < 1.29 is 10.2 Å². The largest absolute Gasteiger partial charge is 0.396 e. The van der Waals surface area contributed by atoms with Gasteiger partial charge in [0.05, 0.1) is 0 Å². The second-order valence-electron chi connectivity index (χ2n) is 5.42. The van der Waals surface area contributed by atoms with Crippen molar-refractivity contribution in [2.45, 2.75) is 25.8 Å². The van der Waals surface area contributed by atoms with Crippen LogP contribution >= 0.6 is 0 Å². The van der Waals surface area contributed by atoms with E-state index < -0.39 is 0 Å². The summed E-state index contributed by atoms with van der Waals surface area (Å²) in [6.45, 7) is 3.35. The van der Waals surface area contributed by atoms with Gasteiger partial charge in [-0.1, -0.05) is 24.0 Å². The molecule has 1 atom stereocenters. The molecule has 1 aromatic rings. The maximum atomic E-state index is 9.06. The van der Waals surface area contributed by atoms with E-state index in [1.807, 2.05) is 12.1 Å². The van der Waals surface area contributed by atoms with Gasteiger partial charge in [-0.15, -0.1) is 0 Å². The van der Waals surface area contributed by atoms with Crippen molar-refractivity contribution in [3.8, 4) is 11.8 Å². The Morgan fingerprint density at radius 3 is 3.00 bits per heavy atom. The lowest BCUT2D eigenvalue weighted by atomic mass is 9.95. The van der Waals surface area contributed by atoms with Crippen LogP contribution in [0.25, 0.3) is 0 Å². The minimum Gasteiger partial charge on any atom is -0.396 e. The topological polar surface area (TPSA) is 43.7 Å². The molecule has 1 heterocycles. The summed E-state index contributed by atoms with van der Waals surface area (Å²) in [5.41, 5.74) is 2.22. The number of benzene rings is 1. The first kappa shape index (κ1) is 15.1. The Bertz CT molecular complexity index is 473. The van der Waals surface area contributed by atoms with Crippen LogP contribution < -0.4 is 0 Å². The predicted octanol–water partition coefficient (Wildman–Crippen LogP) is 1.62. The number of rotatable bonds is 4. The van der Waals surface area contributed by atoms with E-state index in [1.165, 1.54) is 18.4 Å². The van der Waals surface area contributed by atoms with Crippen LogP contribution in [0, 0.1) is 17.8 Å². The number of likely N-dealkylation sites (tertiary alicyclic amines) is 1. The van der Waals surface area contributed by atoms with Gasteiger partial charge in [-0.2, -0.15) is 0 Å². The summed E-state index contributed by atoms with van der Waals surface area (Å²) in [7, 11) is 0. The van der Waals surface area contributed by atoms with Gasteiger partial charge in [0, 0.05) is 25.3 Å². The van der Waals surface area contributed by atoms with Gasteiger partial charge in [0.15, 0.2) is 0 Å². The van der Waals surface area contributed by atoms with Crippen LogP contribution in [0.2, 0.25) is 0 Å². The molecule has 108 valence electrons. The highest BCUT2D eigenvalue weighted by molar-refractivity contribution is 5.37. The quantitative estimate of drug-likeness (QED) is 0.819. The molecule has 0 spiro atoms. The molecule has 1 aliphatic heterocycles. The number of piperidine rings is 1. The van der Waals surface area contributed by atoms with E-state index >= 15 is 0 Å². The molecule has 2 rings (SSSR count). The highest BCUT2D eigenvalue weighted by Gasteiger charge is 2.19. The molecule has 3 nitrogen and oxygen atoms in total.